The Balaban J connectivity index is 1.64. The van der Waals surface area contributed by atoms with Crippen LogP contribution < -0.4 is 10.9 Å². The van der Waals surface area contributed by atoms with Crippen molar-refractivity contribution in [2.45, 2.75) is 13.5 Å². The molecule has 0 fully saturated rings. The molecular weight excluding hydrogens is 358 g/mol. The van der Waals surface area contributed by atoms with Crippen molar-refractivity contribution >= 4 is 34.4 Å². The lowest BCUT2D eigenvalue weighted by atomic mass is 10.2. The first kappa shape index (κ1) is 19.0. The molecule has 1 amide bonds. The van der Waals surface area contributed by atoms with Crippen LogP contribution in [-0.2, 0) is 20.9 Å². The molecule has 0 aliphatic rings. The highest BCUT2D eigenvalue weighted by Gasteiger charge is 2.08. The Morgan fingerprint density at radius 2 is 1.89 bits per heavy atom. The smallest absolute Gasteiger partial charge is 0.330 e. The molecule has 3 rings (SSSR count). The molecule has 1 heterocycles. The number of esters is 1. The molecule has 0 unspecified atom stereocenters. The van der Waals surface area contributed by atoms with E-state index in [4.69, 9.17) is 4.74 Å². The van der Waals surface area contributed by atoms with Crippen LogP contribution in [0.1, 0.15) is 12.5 Å². The highest BCUT2D eigenvalue weighted by Crippen LogP contribution is 2.11. The Hall–Kier alpha value is -3.74. The van der Waals surface area contributed by atoms with Crippen LogP contribution in [0.2, 0.25) is 0 Å². The van der Waals surface area contributed by atoms with Crippen LogP contribution in [0.25, 0.3) is 16.8 Å². The maximum absolute atomic E-state index is 12.4. The second-order valence-corrected chi connectivity index (χ2v) is 5.95. The highest BCUT2D eigenvalue weighted by atomic mass is 16.5. The number of anilines is 1. The third-order valence-electron chi connectivity index (χ3n) is 3.95. The van der Waals surface area contributed by atoms with Crippen molar-refractivity contribution in [1.82, 2.24) is 9.78 Å². The van der Waals surface area contributed by atoms with Gasteiger partial charge in [-0.25, -0.2) is 9.48 Å². The minimum atomic E-state index is -0.409. The van der Waals surface area contributed by atoms with Crippen molar-refractivity contribution in [3.63, 3.8) is 0 Å². The fraction of sp³-hybridized carbons (Fsp3) is 0.143. The Morgan fingerprint density at radius 1 is 1.14 bits per heavy atom. The third-order valence-corrected chi connectivity index (χ3v) is 3.95. The maximum Gasteiger partial charge on any atom is 0.330 e. The van der Waals surface area contributed by atoms with Gasteiger partial charge in [0.1, 0.15) is 6.54 Å². The number of rotatable bonds is 6. The summed E-state index contributed by atoms with van der Waals surface area (Å²) in [6, 6.07) is 14.0. The zero-order valence-electron chi connectivity index (χ0n) is 15.3. The fourth-order valence-corrected chi connectivity index (χ4v) is 2.61. The number of hydrogen-bond donors (Lipinski definition) is 1. The first-order valence-electron chi connectivity index (χ1n) is 8.76. The SMILES string of the molecule is CCOC(=O)/C=C/c1ccc(NC(=O)Cn2ncc3ccccc3c2=O)cc1. The Bertz CT molecular complexity index is 1080. The number of fused-ring (bicyclic) bond motifs is 1. The van der Waals surface area contributed by atoms with Gasteiger partial charge < -0.3 is 10.1 Å². The maximum atomic E-state index is 12.4. The summed E-state index contributed by atoms with van der Waals surface area (Å²) in [7, 11) is 0. The van der Waals surface area contributed by atoms with Crippen LogP contribution >= 0.6 is 0 Å². The Morgan fingerprint density at radius 3 is 2.64 bits per heavy atom. The van der Waals surface area contributed by atoms with E-state index in [1.807, 2.05) is 6.07 Å². The molecule has 142 valence electrons. The topological polar surface area (TPSA) is 90.3 Å². The molecule has 0 aliphatic heterocycles. The van der Waals surface area contributed by atoms with Crippen molar-refractivity contribution < 1.29 is 14.3 Å². The van der Waals surface area contributed by atoms with E-state index < -0.39 is 5.97 Å². The van der Waals surface area contributed by atoms with Gasteiger partial charge in [-0.3, -0.25) is 9.59 Å². The van der Waals surface area contributed by atoms with Crippen LogP contribution in [0.5, 0.6) is 0 Å². The lowest BCUT2D eigenvalue weighted by molar-refractivity contribution is -0.137. The summed E-state index contributed by atoms with van der Waals surface area (Å²) >= 11 is 0. The Labute approximate surface area is 161 Å². The molecule has 28 heavy (non-hydrogen) atoms. The first-order chi connectivity index (χ1) is 13.6. The summed E-state index contributed by atoms with van der Waals surface area (Å²) < 4.78 is 5.95. The molecule has 3 aromatic rings. The van der Waals surface area contributed by atoms with E-state index >= 15 is 0 Å². The van der Waals surface area contributed by atoms with E-state index in [2.05, 4.69) is 10.4 Å². The lowest BCUT2D eigenvalue weighted by Crippen LogP contribution is -2.29. The van der Waals surface area contributed by atoms with E-state index in [-0.39, 0.29) is 18.0 Å². The third kappa shape index (κ3) is 4.70. The fourth-order valence-electron chi connectivity index (χ4n) is 2.61. The lowest BCUT2D eigenvalue weighted by Gasteiger charge is -2.08. The molecule has 0 radical (unpaired) electrons. The standard InChI is InChI=1S/C21H19N3O4/c1-2-28-20(26)12-9-15-7-10-17(11-8-15)23-19(25)14-24-21(27)18-6-4-3-5-16(18)13-22-24/h3-13H,2,14H2,1H3,(H,23,25)/b12-9+. The average molecular weight is 377 g/mol. The summed E-state index contributed by atoms with van der Waals surface area (Å²) in [6.45, 7) is 1.88. The molecule has 0 saturated carbocycles. The van der Waals surface area contributed by atoms with Gasteiger partial charge in [-0.05, 0) is 36.8 Å². The van der Waals surface area contributed by atoms with Gasteiger partial charge in [0.05, 0.1) is 18.2 Å². The van der Waals surface area contributed by atoms with Crippen molar-refractivity contribution in [2.75, 3.05) is 11.9 Å². The second-order valence-electron chi connectivity index (χ2n) is 5.95. The van der Waals surface area contributed by atoms with Crippen LogP contribution in [0.3, 0.4) is 0 Å². The number of nitrogens with zero attached hydrogens (tertiary/aromatic N) is 2. The van der Waals surface area contributed by atoms with Gasteiger partial charge in [0.25, 0.3) is 5.56 Å². The number of carbonyl (C=O) groups is 2. The van der Waals surface area contributed by atoms with Crippen molar-refractivity contribution in [2.24, 2.45) is 0 Å². The molecule has 0 aliphatic carbocycles. The second kappa shape index (κ2) is 8.77. The number of carbonyl (C=O) groups excluding carboxylic acids is 2. The van der Waals surface area contributed by atoms with E-state index in [1.54, 1.807) is 61.7 Å². The van der Waals surface area contributed by atoms with Crippen molar-refractivity contribution in [1.29, 1.82) is 0 Å². The molecular formula is C21H19N3O4. The average Bonchev–Trinajstić information content (AvgIpc) is 2.70. The largest absolute Gasteiger partial charge is 0.463 e. The normalized spacial score (nSPS) is 10.9. The minimum absolute atomic E-state index is 0.186. The van der Waals surface area contributed by atoms with Crippen LogP contribution in [0.15, 0.2) is 65.6 Å². The number of benzene rings is 2. The van der Waals surface area contributed by atoms with Crippen molar-refractivity contribution in [3.05, 3.63) is 76.7 Å². The molecule has 2 aromatic carbocycles. The molecule has 7 heteroatoms. The summed E-state index contributed by atoms with van der Waals surface area (Å²) in [5.41, 5.74) is 1.05. The predicted molar refractivity (Wildman–Crippen MR) is 107 cm³/mol. The zero-order valence-corrected chi connectivity index (χ0v) is 15.3. The van der Waals surface area contributed by atoms with E-state index in [9.17, 15) is 14.4 Å². The van der Waals surface area contributed by atoms with Crippen molar-refractivity contribution in [3.8, 4) is 0 Å². The number of aromatic nitrogens is 2. The Kier molecular flexibility index (Phi) is 5.96. The summed E-state index contributed by atoms with van der Waals surface area (Å²) in [4.78, 5) is 36.0. The monoisotopic (exact) mass is 377 g/mol. The van der Waals surface area contributed by atoms with Crippen LogP contribution in [-0.4, -0.2) is 28.3 Å². The number of nitrogens with one attached hydrogen (secondary N) is 1. The quantitative estimate of drug-likeness (QED) is 0.527. The molecule has 0 saturated heterocycles. The number of amides is 1. The molecule has 7 nitrogen and oxygen atoms in total. The van der Waals surface area contributed by atoms with Gasteiger partial charge in [-0.1, -0.05) is 30.3 Å². The van der Waals surface area contributed by atoms with Gasteiger partial charge in [0, 0.05) is 17.1 Å². The number of ether oxygens (including phenoxy) is 1. The van der Waals surface area contributed by atoms with Gasteiger partial charge in [-0.15, -0.1) is 0 Å². The zero-order chi connectivity index (χ0) is 19.9. The van der Waals surface area contributed by atoms with E-state index in [0.717, 1.165) is 15.6 Å². The van der Waals surface area contributed by atoms with Crippen LogP contribution in [0.4, 0.5) is 5.69 Å². The molecule has 0 spiro atoms. The van der Waals surface area contributed by atoms with Gasteiger partial charge in [0.15, 0.2) is 0 Å². The van der Waals surface area contributed by atoms with Gasteiger partial charge in [-0.2, -0.15) is 5.10 Å². The predicted octanol–water partition coefficient (Wildman–Crippen LogP) is 2.61. The minimum Gasteiger partial charge on any atom is -0.463 e. The number of hydrogen-bond acceptors (Lipinski definition) is 5. The first-order valence-corrected chi connectivity index (χ1v) is 8.76. The molecule has 0 atom stereocenters. The molecule has 1 N–H and O–H groups in total. The summed E-state index contributed by atoms with van der Waals surface area (Å²) in [6.07, 6.45) is 4.53. The van der Waals surface area contributed by atoms with Gasteiger partial charge >= 0.3 is 5.97 Å². The highest BCUT2D eigenvalue weighted by molar-refractivity contribution is 5.91. The molecule has 0 bridgehead atoms. The van der Waals surface area contributed by atoms with E-state index in [0.29, 0.717) is 17.7 Å². The van der Waals surface area contributed by atoms with E-state index in [1.165, 1.54) is 6.08 Å². The summed E-state index contributed by atoms with van der Waals surface area (Å²) in [5.74, 6) is -0.770. The van der Waals surface area contributed by atoms with Gasteiger partial charge in [0.2, 0.25) is 5.91 Å². The molecule has 1 aromatic heterocycles. The summed E-state index contributed by atoms with van der Waals surface area (Å²) in [5, 5.41) is 8.02. The van der Waals surface area contributed by atoms with Crippen LogP contribution in [0, 0.1) is 0 Å².